The summed E-state index contributed by atoms with van der Waals surface area (Å²) >= 11 is 6.07. The van der Waals surface area contributed by atoms with Crippen molar-refractivity contribution in [2.24, 2.45) is 0 Å². The molecule has 1 N–H and O–H groups in total. The average Bonchev–Trinajstić information content (AvgIpc) is 3.50. The number of carbonyl (C=O) groups excluding carboxylic acids is 1. The fourth-order valence-corrected chi connectivity index (χ4v) is 5.72. The molecule has 37 heavy (non-hydrogen) atoms. The first-order valence-corrected chi connectivity index (χ1v) is 14.4. The minimum absolute atomic E-state index is 0.143. The normalized spacial score (nSPS) is 11.8. The highest BCUT2D eigenvalue weighted by molar-refractivity contribution is 7.53. The van der Waals surface area contributed by atoms with Crippen molar-refractivity contribution in [3.8, 4) is 17.3 Å². The van der Waals surface area contributed by atoms with Crippen LogP contribution in [-0.4, -0.2) is 46.4 Å². The molecule has 0 unspecified atom stereocenters. The fourth-order valence-electron chi connectivity index (χ4n) is 3.93. The van der Waals surface area contributed by atoms with Crippen molar-refractivity contribution >= 4 is 36.1 Å². The van der Waals surface area contributed by atoms with E-state index in [1.807, 2.05) is 36.4 Å². The van der Waals surface area contributed by atoms with Gasteiger partial charge in [-0.3, -0.25) is 13.9 Å². The highest BCUT2D eigenvalue weighted by atomic mass is 35.5. The summed E-state index contributed by atoms with van der Waals surface area (Å²) in [5.41, 5.74) is 3.17. The maximum atomic E-state index is 12.6. The summed E-state index contributed by atoms with van der Waals surface area (Å²) in [5.74, 6) is 0.443. The number of nitrogens with one attached hydrogen (secondary N) is 1. The van der Waals surface area contributed by atoms with E-state index in [4.69, 9.17) is 30.0 Å². The van der Waals surface area contributed by atoms with Crippen molar-refractivity contribution in [1.29, 1.82) is 0 Å². The number of para-hydroxylation sites is 2. The Hall–Kier alpha value is -2.97. The number of carbonyl (C=O) groups is 1. The van der Waals surface area contributed by atoms with Gasteiger partial charge in [-0.15, -0.1) is 0 Å². The second kappa shape index (κ2) is 12.5. The Kier molecular flexibility index (Phi) is 9.16. The van der Waals surface area contributed by atoms with Gasteiger partial charge >= 0.3 is 13.6 Å². The SMILES string of the molecule is CCOP(=O)(CCCNC(=O)CCc1oc(-n2cnc3ccccc32)nc1-c1ccc(Cl)cc1)OCC. The van der Waals surface area contributed by atoms with Crippen LogP contribution in [0.5, 0.6) is 0 Å². The molecule has 0 aliphatic rings. The van der Waals surface area contributed by atoms with E-state index in [9.17, 15) is 9.36 Å². The molecule has 0 saturated carbocycles. The quantitative estimate of drug-likeness (QED) is 0.161. The number of halogens is 1. The molecule has 2 aromatic carbocycles. The molecule has 4 aromatic rings. The highest BCUT2D eigenvalue weighted by Crippen LogP contribution is 2.48. The summed E-state index contributed by atoms with van der Waals surface area (Å²) in [6, 6.07) is 15.4. The van der Waals surface area contributed by atoms with Crippen LogP contribution in [-0.2, 0) is 24.8 Å². The number of fused-ring (bicyclic) bond motifs is 1. The van der Waals surface area contributed by atoms with Crippen molar-refractivity contribution in [3.05, 3.63) is 65.6 Å². The van der Waals surface area contributed by atoms with Gasteiger partial charge in [-0.05, 0) is 44.5 Å². The molecule has 0 atom stereocenters. The van der Waals surface area contributed by atoms with Crippen LogP contribution in [0.25, 0.3) is 28.3 Å². The molecule has 0 aliphatic carbocycles. The van der Waals surface area contributed by atoms with Crippen LogP contribution in [0.15, 0.2) is 59.3 Å². The van der Waals surface area contributed by atoms with E-state index >= 15 is 0 Å². The molecule has 0 radical (unpaired) electrons. The van der Waals surface area contributed by atoms with E-state index in [0.29, 0.717) is 55.1 Å². The Balaban J connectivity index is 1.44. The van der Waals surface area contributed by atoms with Crippen LogP contribution >= 0.6 is 19.2 Å². The summed E-state index contributed by atoms with van der Waals surface area (Å²) in [4.78, 5) is 21.7. The van der Waals surface area contributed by atoms with Crippen molar-refractivity contribution in [3.63, 3.8) is 0 Å². The van der Waals surface area contributed by atoms with Gasteiger partial charge in [-0.25, -0.2) is 4.98 Å². The zero-order valence-corrected chi connectivity index (χ0v) is 22.5. The second-order valence-corrected chi connectivity index (χ2v) is 10.9. The molecule has 0 fully saturated rings. The van der Waals surface area contributed by atoms with Gasteiger partial charge < -0.3 is 18.8 Å². The number of imidazole rings is 1. The molecule has 0 aliphatic heterocycles. The minimum Gasteiger partial charge on any atom is -0.427 e. The first kappa shape index (κ1) is 27.1. The summed E-state index contributed by atoms with van der Waals surface area (Å²) in [6.07, 6.45) is 2.95. The molecule has 9 nitrogen and oxygen atoms in total. The molecular formula is C26H30ClN4O5P. The van der Waals surface area contributed by atoms with Gasteiger partial charge in [-0.1, -0.05) is 35.9 Å². The maximum absolute atomic E-state index is 12.6. The first-order valence-electron chi connectivity index (χ1n) is 12.3. The number of aromatic nitrogens is 3. The summed E-state index contributed by atoms with van der Waals surface area (Å²) in [6.45, 7) is 4.54. The third-order valence-corrected chi connectivity index (χ3v) is 8.04. The molecule has 11 heteroatoms. The number of oxazole rings is 1. The standard InChI is InChI=1S/C26H30ClN4O5P/c1-3-34-37(33,35-4-2)17-7-16-28-24(32)15-14-23-25(19-10-12-20(27)13-11-19)30-26(36-23)31-18-29-21-8-5-6-9-22(21)31/h5-6,8-13,18H,3-4,7,14-17H2,1-2H3,(H,28,32). The largest absolute Gasteiger partial charge is 0.427 e. The van der Waals surface area contributed by atoms with Gasteiger partial charge in [-0.2, -0.15) is 4.98 Å². The molecule has 2 aromatic heterocycles. The van der Waals surface area contributed by atoms with Crippen molar-refractivity contribution in [1.82, 2.24) is 19.9 Å². The lowest BCUT2D eigenvalue weighted by Gasteiger charge is -2.16. The third-order valence-electron chi connectivity index (χ3n) is 5.62. The summed E-state index contributed by atoms with van der Waals surface area (Å²) in [5, 5.41) is 3.49. The van der Waals surface area contributed by atoms with E-state index in [2.05, 4.69) is 10.3 Å². The van der Waals surface area contributed by atoms with Gasteiger partial charge in [0.1, 0.15) is 17.8 Å². The van der Waals surface area contributed by atoms with E-state index in [-0.39, 0.29) is 18.5 Å². The summed E-state index contributed by atoms with van der Waals surface area (Å²) < 4.78 is 31.1. The molecule has 2 heterocycles. The predicted molar refractivity (Wildman–Crippen MR) is 143 cm³/mol. The third kappa shape index (κ3) is 6.87. The Morgan fingerprint density at radius 3 is 2.57 bits per heavy atom. The number of hydrogen-bond donors (Lipinski definition) is 1. The van der Waals surface area contributed by atoms with Crippen molar-refractivity contribution in [2.45, 2.75) is 33.1 Å². The van der Waals surface area contributed by atoms with Gasteiger partial charge in [0.2, 0.25) is 5.91 Å². The second-order valence-electron chi connectivity index (χ2n) is 8.25. The molecule has 1 amide bonds. The monoisotopic (exact) mass is 544 g/mol. The predicted octanol–water partition coefficient (Wildman–Crippen LogP) is 6.04. The number of benzene rings is 2. The molecule has 196 valence electrons. The number of nitrogens with zero attached hydrogens (tertiary/aromatic N) is 3. The van der Waals surface area contributed by atoms with Crippen molar-refractivity contribution < 1.29 is 22.8 Å². The van der Waals surface area contributed by atoms with Crippen LogP contribution < -0.4 is 5.32 Å². The van der Waals surface area contributed by atoms with E-state index in [0.717, 1.165) is 16.6 Å². The summed E-state index contributed by atoms with van der Waals surface area (Å²) in [7, 11) is -3.12. The van der Waals surface area contributed by atoms with Gasteiger partial charge in [0.25, 0.3) is 0 Å². The smallest absolute Gasteiger partial charge is 0.330 e. The number of rotatable bonds is 13. The molecule has 0 spiro atoms. The van der Waals surface area contributed by atoms with E-state index < -0.39 is 7.60 Å². The lowest BCUT2D eigenvalue weighted by Crippen LogP contribution is -2.25. The van der Waals surface area contributed by atoms with Crippen molar-refractivity contribution in [2.75, 3.05) is 25.9 Å². The highest BCUT2D eigenvalue weighted by Gasteiger charge is 2.23. The Morgan fingerprint density at radius 2 is 1.84 bits per heavy atom. The molecule has 0 bridgehead atoms. The Bertz CT molecular complexity index is 1380. The lowest BCUT2D eigenvalue weighted by atomic mass is 10.1. The Morgan fingerprint density at radius 1 is 1.11 bits per heavy atom. The average molecular weight is 545 g/mol. The topological polar surface area (TPSA) is 108 Å². The molecule has 4 rings (SSSR count). The van der Waals surface area contributed by atoms with Crippen LogP contribution in [0.3, 0.4) is 0 Å². The zero-order chi connectivity index (χ0) is 26.3. The lowest BCUT2D eigenvalue weighted by molar-refractivity contribution is -0.121. The number of hydrogen-bond acceptors (Lipinski definition) is 7. The Labute approximate surface area is 220 Å². The minimum atomic E-state index is -3.12. The molecular weight excluding hydrogens is 515 g/mol. The van der Waals surface area contributed by atoms with Gasteiger partial charge in [0.15, 0.2) is 0 Å². The zero-order valence-electron chi connectivity index (χ0n) is 20.9. The first-order chi connectivity index (χ1) is 17.9. The van der Waals surface area contributed by atoms with Crippen LogP contribution in [0.1, 0.15) is 32.4 Å². The molecule has 0 saturated heterocycles. The number of aryl methyl sites for hydroxylation is 1. The van der Waals surface area contributed by atoms with Crippen LogP contribution in [0.4, 0.5) is 0 Å². The number of amides is 1. The fraction of sp³-hybridized carbons (Fsp3) is 0.346. The van der Waals surface area contributed by atoms with E-state index in [1.54, 1.807) is 36.9 Å². The van der Waals surface area contributed by atoms with Crippen LogP contribution in [0.2, 0.25) is 5.02 Å². The maximum Gasteiger partial charge on any atom is 0.330 e. The van der Waals surface area contributed by atoms with E-state index in [1.165, 1.54) is 0 Å². The van der Waals surface area contributed by atoms with Crippen LogP contribution in [0, 0.1) is 0 Å². The van der Waals surface area contributed by atoms with Gasteiger partial charge in [0.05, 0.1) is 30.4 Å². The van der Waals surface area contributed by atoms with Gasteiger partial charge in [0, 0.05) is 30.0 Å².